The molecule has 0 amide bonds. The van der Waals surface area contributed by atoms with Crippen molar-refractivity contribution in [1.29, 1.82) is 0 Å². The maximum Gasteiger partial charge on any atom is 0.128 e. The highest BCUT2D eigenvalue weighted by molar-refractivity contribution is 5.41. The molecule has 1 saturated carbocycles. The van der Waals surface area contributed by atoms with E-state index >= 15 is 0 Å². The van der Waals surface area contributed by atoms with E-state index in [4.69, 9.17) is 4.98 Å². The fourth-order valence-electron chi connectivity index (χ4n) is 2.45. The fourth-order valence-corrected chi connectivity index (χ4v) is 2.45. The Labute approximate surface area is 123 Å². The summed E-state index contributed by atoms with van der Waals surface area (Å²) < 4.78 is 0. The summed E-state index contributed by atoms with van der Waals surface area (Å²) in [7, 11) is 0. The van der Waals surface area contributed by atoms with Gasteiger partial charge in [-0.1, -0.05) is 13.0 Å². The quantitative estimate of drug-likeness (QED) is 0.783. The van der Waals surface area contributed by atoms with E-state index in [-0.39, 0.29) is 0 Å². The van der Waals surface area contributed by atoms with Gasteiger partial charge in [-0.3, -0.25) is 0 Å². The van der Waals surface area contributed by atoms with E-state index in [1.165, 1.54) is 24.8 Å². The van der Waals surface area contributed by atoms with Gasteiger partial charge in [0.2, 0.25) is 0 Å². The average molecular weight is 275 g/mol. The van der Waals surface area contributed by atoms with Crippen molar-refractivity contribution in [3.63, 3.8) is 0 Å². The summed E-state index contributed by atoms with van der Waals surface area (Å²) in [6.45, 7) is 11.1. The predicted octanol–water partition coefficient (Wildman–Crippen LogP) is 3.77. The molecule has 0 radical (unpaired) electrons. The van der Waals surface area contributed by atoms with Crippen LogP contribution in [0.15, 0.2) is 18.3 Å². The van der Waals surface area contributed by atoms with Gasteiger partial charge in [0.15, 0.2) is 0 Å². The fraction of sp³-hybridized carbons (Fsp3) is 0.706. The van der Waals surface area contributed by atoms with Crippen LogP contribution in [0, 0.1) is 5.92 Å². The van der Waals surface area contributed by atoms with Gasteiger partial charge in [0.1, 0.15) is 5.82 Å². The van der Waals surface area contributed by atoms with Crippen LogP contribution in [0.3, 0.4) is 0 Å². The van der Waals surface area contributed by atoms with Gasteiger partial charge in [-0.15, -0.1) is 0 Å². The zero-order valence-corrected chi connectivity index (χ0v) is 13.4. The van der Waals surface area contributed by atoms with Gasteiger partial charge in [-0.05, 0) is 64.1 Å². The predicted molar refractivity (Wildman–Crippen MR) is 86.2 cm³/mol. The number of hydrogen-bond acceptors (Lipinski definition) is 3. The number of hydrogen-bond donors (Lipinski definition) is 1. The molecule has 1 atom stereocenters. The lowest BCUT2D eigenvalue weighted by Gasteiger charge is -2.28. The third kappa shape index (κ3) is 4.20. The largest absolute Gasteiger partial charge is 0.354 e. The summed E-state index contributed by atoms with van der Waals surface area (Å²) in [6, 6.07) is 5.30. The van der Waals surface area contributed by atoms with Crippen LogP contribution in [0.4, 0.5) is 5.82 Å². The van der Waals surface area contributed by atoms with Crippen molar-refractivity contribution >= 4 is 5.82 Å². The second kappa shape index (κ2) is 7.07. The van der Waals surface area contributed by atoms with Crippen molar-refractivity contribution in [2.24, 2.45) is 5.92 Å². The van der Waals surface area contributed by atoms with Gasteiger partial charge in [-0.2, -0.15) is 0 Å². The van der Waals surface area contributed by atoms with Crippen molar-refractivity contribution in [2.45, 2.75) is 59.0 Å². The molecule has 1 aliphatic rings. The molecule has 1 aromatic rings. The second-order valence-electron chi connectivity index (χ2n) is 6.32. The topological polar surface area (TPSA) is 28.2 Å². The molecule has 0 saturated heterocycles. The van der Waals surface area contributed by atoms with Crippen molar-refractivity contribution in [3.05, 3.63) is 23.9 Å². The average Bonchev–Trinajstić information content (AvgIpc) is 3.26. The number of aromatic nitrogens is 1. The van der Waals surface area contributed by atoms with Gasteiger partial charge in [-0.25, -0.2) is 4.98 Å². The van der Waals surface area contributed by atoms with Crippen LogP contribution in [-0.4, -0.2) is 24.1 Å². The van der Waals surface area contributed by atoms with Crippen LogP contribution < -0.4 is 10.2 Å². The third-order valence-electron chi connectivity index (χ3n) is 4.04. The van der Waals surface area contributed by atoms with Crippen LogP contribution in [0.1, 0.15) is 58.6 Å². The van der Waals surface area contributed by atoms with E-state index < -0.39 is 0 Å². The van der Waals surface area contributed by atoms with Crippen molar-refractivity contribution in [1.82, 2.24) is 10.3 Å². The molecule has 1 aliphatic carbocycles. The number of nitrogens with one attached hydrogen (secondary N) is 1. The molecule has 0 aromatic carbocycles. The third-order valence-corrected chi connectivity index (χ3v) is 4.04. The first-order valence-electron chi connectivity index (χ1n) is 8.07. The van der Waals surface area contributed by atoms with Crippen molar-refractivity contribution < 1.29 is 0 Å². The Morgan fingerprint density at radius 3 is 2.55 bits per heavy atom. The maximum absolute atomic E-state index is 4.70. The van der Waals surface area contributed by atoms with E-state index in [2.05, 4.69) is 50.0 Å². The standard InChI is InChI=1S/C17H29N3/c1-5-10-18-14(4)16-8-9-17(19-11-16)20(13(2)3)12-15-6-7-15/h8-9,11,13-15,18H,5-7,10,12H2,1-4H3. The SMILES string of the molecule is CCCNC(C)c1ccc(N(CC2CC2)C(C)C)nc1. The van der Waals surface area contributed by atoms with E-state index in [9.17, 15) is 0 Å². The van der Waals surface area contributed by atoms with Crippen LogP contribution >= 0.6 is 0 Å². The molecule has 0 aliphatic heterocycles. The first-order valence-corrected chi connectivity index (χ1v) is 8.07. The van der Waals surface area contributed by atoms with Crippen LogP contribution in [0.25, 0.3) is 0 Å². The Kier molecular flexibility index (Phi) is 5.41. The molecule has 112 valence electrons. The monoisotopic (exact) mass is 275 g/mol. The minimum Gasteiger partial charge on any atom is -0.354 e. The first-order chi connectivity index (χ1) is 9.61. The molecule has 0 spiro atoms. The Bertz CT molecular complexity index is 395. The molecule has 20 heavy (non-hydrogen) atoms. The zero-order valence-electron chi connectivity index (χ0n) is 13.4. The highest BCUT2D eigenvalue weighted by Crippen LogP contribution is 2.32. The summed E-state index contributed by atoms with van der Waals surface area (Å²) in [4.78, 5) is 7.13. The van der Waals surface area contributed by atoms with Gasteiger partial charge < -0.3 is 10.2 Å². The molecule has 3 nitrogen and oxygen atoms in total. The number of nitrogens with zero attached hydrogens (tertiary/aromatic N) is 2. The summed E-state index contributed by atoms with van der Waals surface area (Å²) in [6.07, 6.45) is 5.97. The van der Waals surface area contributed by atoms with Crippen molar-refractivity contribution in [2.75, 3.05) is 18.0 Å². The second-order valence-corrected chi connectivity index (χ2v) is 6.32. The van der Waals surface area contributed by atoms with Gasteiger partial charge in [0.05, 0.1) is 0 Å². The molecular weight excluding hydrogens is 246 g/mol. The lowest BCUT2D eigenvalue weighted by molar-refractivity contribution is 0.568. The molecule has 3 heteroatoms. The number of anilines is 1. The molecule has 1 heterocycles. The number of rotatable bonds is 8. The van der Waals surface area contributed by atoms with Gasteiger partial charge in [0, 0.05) is 24.8 Å². The Hall–Kier alpha value is -1.09. The van der Waals surface area contributed by atoms with E-state index in [0.29, 0.717) is 12.1 Å². The molecule has 1 N–H and O–H groups in total. The molecule has 1 fully saturated rings. The minimum absolute atomic E-state index is 0.382. The van der Waals surface area contributed by atoms with Gasteiger partial charge >= 0.3 is 0 Å². The summed E-state index contributed by atoms with van der Waals surface area (Å²) in [5.74, 6) is 2.02. The normalized spacial score (nSPS) is 16.4. The van der Waals surface area contributed by atoms with Crippen LogP contribution in [0.5, 0.6) is 0 Å². The van der Waals surface area contributed by atoms with Crippen LogP contribution in [0.2, 0.25) is 0 Å². The highest BCUT2D eigenvalue weighted by Gasteiger charge is 2.26. The number of pyridine rings is 1. The van der Waals surface area contributed by atoms with Gasteiger partial charge in [0.25, 0.3) is 0 Å². The zero-order chi connectivity index (χ0) is 14.5. The molecule has 1 aromatic heterocycles. The first kappa shape index (κ1) is 15.3. The van der Waals surface area contributed by atoms with Crippen LogP contribution in [-0.2, 0) is 0 Å². The summed E-state index contributed by atoms with van der Waals surface area (Å²) in [5, 5.41) is 3.51. The molecule has 1 unspecified atom stereocenters. The van der Waals surface area contributed by atoms with E-state index in [0.717, 1.165) is 24.8 Å². The van der Waals surface area contributed by atoms with E-state index in [1.54, 1.807) is 0 Å². The van der Waals surface area contributed by atoms with Crippen molar-refractivity contribution in [3.8, 4) is 0 Å². The lowest BCUT2D eigenvalue weighted by Crippen LogP contribution is -2.33. The highest BCUT2D eigenvalue weighted by atomic mass is 15.2. The molecule has 2 rings (SSSR count). The smallest absolute Gasteiger partial charge is 0.128 e. The minimum atomic E-state index is 0.382. The van der Waals surface area contributed by atoms with E-state index in [1.807, 2.05) is 6.20 Å². The summed E-state index contributed by atoms with van der Waals surface area (Å²) >= 11 is 0. The summed E-state index contributed by atoms with van der Waals surface area (Å²) in [5.41, 5.74) is 1.28. The maximum atomic E-state index is 4.70. The molecular formula is C17H29N3. The Morgan fingerprint density at radius 1 is 1.30 bits per heavy atom. The Morgan fingerprint density at radius 2 is 2.05 bits per heavy atom. The Balaban J connectivity index is 2.01. The lowest BCUT2D eigenvalue weighted by atomic mass is 10.1. The molecule has 0 bridgehead atoms.